The summed E-state index contributed by atoms with van der Waals surface area (Å²) in [6.45, 7) is 1.16. The van der Waals surface area contributed by atoms with Gasteiger partial charge in [-0.3, -0.25) is 14.4 Å². The van der Waals surface area contributed by atoms with Crippen LogP contribution < -0.4 is 15.4 Å². The lowest BCUT2D eigenvalue weighted by Crippen LogP contribution is -2.20. The van der Waals surface area contributed by atoms with Crippen molar-refractivity contribution < 1.29 is 19.1 Å². The number of aldehydes is 1. The van der Waals surface area contributed by atoms with E-state index in [2.05, 4.69) is 26.6 Å². The van der Waals surface area contributed by atoms with Crippen LogP contribution in [0.15, 0.2) is 46.9 Å². The van der Waals surface area contributed by atoms with Crippen LogP contribution in [0.1, 0.15) is 17.3 Å². The van der Waals surface area contributed by atoms with Gasteiger partial charge in [-0.15, -0.1) is 0 Å². The lowest BCUT2D eigenvalue weighted by atomic mass is 10.2. The van der Waals surface area contributed by atoms with Gasteiger partial charge in [-0.1, -0.05) is 22.0 Å². The molecule has 0 bridgehead atoms. The summed E-state index contributed by atoms with van der Waals surface area (Å²) in [6.07, 6.45) is 0.662. The van der Waals surface area contributed by atoms with Crippen molar-refractivity contribution in [2.75, 3.05) is 17.2 Å². The third-order valence-corrected chi connectivity index (χ3v) is 3.42. The fraction of sp³-hybridized carbons (Fsp3) is 0.118. The maximum atomic E-state index is 12.0. The Kier molecular flexibility index (Phi) is 6.08. The van der Waals surface area contributed by atoms with Gasteiger partial charge in [-0.2, -0.15) is 0 Å². The van der Waals surface area contributed by atoms with Crippen LogP contribution in [0, 0.1) is 0 Å². The molecule has 0 saturated carbocycles. The molecule has 0 atom stereocenters. The summed E-state index contributed by atoms with van der Waals surface area (Å²) in [5.74, 6) is -0.247. The molecule has 0 heterocycles. The van der Waals surface area contributed by atoms with Crippen LogP contribution in [0.25, 0.3) is 0 Å². The summed E-state index contributed by atoms with van der Waals surface area (Å²) in [6, 6.07) is 11.7. The van der Waals surface area contributed by atoms with Gasteiger partial charge < -0.3 is 15.4 Å². The fourth-order valence-electron chi connectivity index (χ4n) is 1.96. The number of benzene rings is 2. The zero-order chi connectivity index (χ0) is 17.5. The third-order valence-electron chi connectivity index (χ3n) is 2.92. The summed E-state index contributed by atoms with van der Waals surface area (Å²) in [5.41, 5.74) is 1.46. The van der Waals surface area contributed by atoms with Gasteiger partial charge in [0, 0.05) is 22.8 Å². The molecule has 0 aliphatic heterocycles. The smallest absolute Gasteiger partial charge is 0.262 e. The molecule has 2 aromatic carbocycles. The molecule has 2 amide bonds. The van der Waals surface area contributed by atoms with Crippen molar-refractivity contribution in [3.63, 3.8) is 0 Å². The highest BCUT2D eigenvalue weighted by Crippen LogP contribution is 2.22. The van der Waals surface area contributed by atoms with Gasteiger partial charge >= 0.3 is 0 Å². The predicted molar refractivity (Wildman–Crippen MR) is 94.4 cm³/mol. The second kappa shape index (κ2) is 8.26. The lowest BCUT2D eigenvalue weighted by Gasteiger charge is -2.10. The number of hydrogen-bond donors (Lipinski definition) is 2. The Bertz CT molecular complexity index is 777. The number of halogens is 1. The molecule has 2 rings (SSSR count). The molecule has 24 heavy (non-hydrogen) atoms. The first-order valence-electron chi connectivity index (χ1n) is 7.03. The molecular weight excluding hydrogens is 376 g/mol. The second-order valence-electron chi connectivity index (χ2n) is 4.90. The Labute approximate surface area is 147 Å². The molecule has 7 heteroatoms. The van der Waals surface area contributed by atoms with E-state index in [9.17, 15) is 14.4 Å². The number of anilines is 2. The zero-order valence-corrected chi connectivity index (χ0v) is 14.4. The molecular formula is C17H15BrN2O4. The SMILES string of the molecule is CC(=O)Nc1cccc(NC(=O)COc2ccc(Br)cc2C=O)c1. The molecule has 0 aliphatic rings. The van der Waals surface area contributed by atoms with Crippen LogP contribution >= 0.6 is 15.9 Å². The van der Waals surface area contributed by atoms with E-state index in [1.54, 1.807) is 42.5 Å². The number of carbonyl (C=O) groups is 3. The summed E-state index contributed by atoms with van der Waals surface area (Å²) >= 11 is 3.26. The van der Waals surface area contributed by atoms with Gasteiger partial charge in [0.2, 0.25) is 5.91 Å². The first-order valence-corrected chi connectivity index (χ1v) is 7.82. The van der Waals surface area contributed by atoms with Crippen LogP contribution in [0.5, 0.6) is 5.75 Å². The highest BCUT2D eigenvalue weighted by Gasteiger charge is 2.08. The highest BCUT2D eigenvalue weighted by atomic mass is 79.9. The highest BCUT2D eigenvalue weighted by molar-refractivity contribution is 9.10. The maximum absolute atomic E-state index is 12.0. The van der Waals surface area contributed by atoms with E-state index in [0.29, 0.717) is 29.0 Å². The molecule has 0 radical (unpaired) electrons. The number of rotatable bonds is 6. The molecule has 0 fully saturated rings. The van der Waals surface area contributed by atoms with Crippen molar-refractivity contribution in [3.05, 3.63) is 52.5 Å². The van der Waals surface area contributed by atoms with Gasteiger partial charge in [0.05, 0.1) is 5.56 Å². The predicted octanol–water partition coefficient (Wildman–Crippen LogP) is 3.24. The first-order chi connectivity index (χ1) is 11.5. The first kappa shape index (κ1) is 17.7. The molecule has 2 aromatic rings. The molecule has 0 unspecified atom stereocenters. The van der Waals surface area contributed by atoms with Crippen LogP contribution in [-0.4, -0.2) is 24.7 Å². The molecule has 2 N–H and O–H groups in total. The number of carbonyl (C=O) groups excluding carboxylic acids is 3. The minimum atomic E-state index is -0.380. The summed E-state index contributed by atoms with van der Waals surface area (Å²) < 4.78 is 6.12. The Balaban J connectivity index is 1.96. The topological polar surface area (TPSA) is 84.5 Å². The third kappa shape index (κ3) is 5.20. The number of nitrogens with one attached hydrogen (secondary N) is 2. The van der Waals surface area contributed by atoms with E-state index < -0.39 is 0 Å². The van der Waals surface area contributed by atoms with Crippen LogP contribution in [0.2, 0.25) is 0 Å². The average molecular weight is 391 g/mol. The Hall–Kier alpha value is -2.67. The summed E-state index contributed by atoms with van der Waals surface area (Å²) in [7, 11) is 0. The van der Waals surface area contributed by atoms with Crippen molar-refractivity contribution >= 4 is 45.4 Å². The largest absolute Gasteiger partial charge is 0.483 e. The second-order valence-corrected chi connectivity index (χ2v) is 5.81. The molecule has 0 spiro atoms. The standard InChI is InChI=1S/C17H15BrN2O4/c1-11(22)19-14-3-2-4-15(8-14)20-17(23)10-24-16-6-5-13(18)7-12(16)9-21/h2-9H,10H2,1H3,(H,19,22)(H,20,23). The van der Waals surface area contributed by atoms with Gasteiger partial charge in [0.1, 0.15) is 5.75 Å². The Morgan fingerprint density at radius 3 is 2.50 bits per heavy atom. The summed E-state index contributed by atoms with van der Waals surface area (Å²) in [5, 5.41) is 5.29. The van der Waals surface area contributed by atoms with E-state index in [4.69, 9.17) is 4.74 Å². The van der Waals surface area contributed by atoms with Crippen molar-refractivity contribution in [1.29, 1.82) is 0 Å². The van der Waals surface area contributed by atoms with E-state index in [-0.39, 0.29) is 18.4 Å². The average Bonchev–Trinajstić information content (AvgIpc) is 2.53. The van der Waals surface area contributed by atoms with Crippen molar-refractivity contribution in [2.24, 2.45) is 0 Å². The molecule has 124 valence electrons. The molecule has 0 aliphatic carbocycles. The number of ether oxygens (including phenoxy) is 1. The van der Waals surface area contributed by atoms with Gasteiger partial charge in [0.15, 0.2) is 12.9 Å². The van der Waals surface area contributed by atoms with E-state index in [0.717, 1.165) is 4.47 Å². The van der Waals surface area contributed by atoms with Gasteiger partial charge in [0.25, 0.3) is 5.91 Å². The number of amides is 2. The summed E-state index contributed by atoms with van der Waals surface area (Å²) in [4.78, 5) is 34.0. The van der Waals surface area contributed by atoms with Crippen molar-refractivity contribution in [3.8, 4) is 5.75 Å². The zero-order valence-electron chi connectivity index (χ0n) is 12.8. The van der Waals surface area contributed by atoms with Crippen LogP contribution in [0.4, 0.5) is 11.4 Å². The van der Waals surface area contributed by atoms with Crippen molar-refractivity contribution in [1.82, 2.24) is 0 Å². The maximum Gasteiger partial charge on any atom is 0.262 e. The molecule has 6 nitrogen and oxygen atoms in total. The minimum Gasteiger partial charge on any atom is -0.483 e. The van der Waals surface area contributed by atoms with Gasteiger partial charge in [-0.05, 0) is 36.4 Å². The molecule has 0 aromatic heterocycles. The van der Waals surface area contributed by atoms with E-state index in [1.165, 1.54) is 6.92 Å². The van der Waals surface area contributed by atoms with E-state index in [1.807, 2.05) is 0 Å². The quantitative estimate of drug-likeness (QED) is 0.741. The fourth-order valence-corrected chi connectivity index (χ4v) is 2.34. The van der Waals surface area contributed by atoms with Gasteiger partial charge in [-0.25, -0.2) is 0 Å². The van der Waals surface area contributed by atoms with Crippen LogP contribution in [0.3, 0.4) is 0 Å². The monoisotopic (exact) mass is 390 g/mol. The Morgan fingerprint density at radius 1 is 1.12 bits per heavy atom. The Morgan fingerprint density at radius 2 is 1.83 bits per heavy atom. The lowest BCUT2D eigenvalue weighted by molar-refractivity contribution is -0.118. The van der Waals surface area contributed by atoms with Crippen molar-refractivity contribution in [2.45, 2.75) is 6.92 Å². The normalized spacial score (nSPS) is 9.92. The molecule has 0 saturated heterocycles. The van der Waals surface area contributed by atoms with E-state index >= 15 is 0 Å². The minimum absolute atomic E-state index is 0.196. The number of hydrogen-bond acceptors (Lipinski definition) is 4. The van der Waals surface area contributed by atoms with Crippen LogP contribution in [-0.2, 0) is 9.59 Å².